The second-order valence-corrected chi connectivity index (χ2v) is 7.57. The van der Waals surface area contributed by atoms with Crippen molar-refractivity contribution in [3.05, 3.63) is 65.5 Å². The fraction of sp³-hybridized carbons (Fsp3) is 0.455. The lowest BCUT2D eigenvalue weighted by Crippen LogP contribution is -2.52. The van der Waals surface area contributed by atoms with Crippen LogP contribution in [0.4, 0.5) is 0 Å². The predicted molar refractivity (Wildman–Crippen MR) is 99.4 cm³/mol. The molecule has 2 aliphatic heterocycles. The van der Waals surface area contributed by atoms with Gasteiger partial charge in [0.15, 0.2) is 5.78 Å². The number of benzene rings is 1. The van der Waals surface area contributed by atoms with E-state index in [0.29, 0.717) is 17.9 Å². The van der Waals surface area contributed by atoms with Gasteiger partial charge in [0.1, 0.15) is 0 Å². The Kier molecular flexibility index (Phi) is 4.67. The first-order chi connectivity index (χ1) is 12.2. The van der Waals surface area contributed by atoms with Crippen LogP contribution in [0.2, 0.25) is 0 Å². The van der Waals surface area contributed by atoms with Crippen LogP contribution in [0, 0.1) is 12.8 Å². The Bertz CT molecular complexity index is 729. The molecule has 0 aliphatic carbocycles. The summed E-state index contributed by atoms with van der Waals surface area (Å²) in [7, 11) is 0. The number of aromatic nitrogens is 1. The summed E-state index contributed by atoms with van der Waals surface area (Å²) in [6, 6.07) is 15.6. The first kappa shape index (κ1) is 16.5. The van der Waals surface area contributed by atoms with Crippen molar-refractivity contribution in [2.75, 3.05) is 0 Å². The molecule has 2 aliphatic rings. The SMILES string of the molecule is Cc1ncccc1C(=O)C1CC2CCCC(C1)N2Cc1ccccc1. The largest absolute Gasteiger partial charge is 0.294 e. The molecule has 3 nitrogen and oxygen atoms in total. The topological polar surface area (TPSA) is 33.2 Å². The number of nitrogens with zero attached hydrogens (tertiary/aromatic N) is 2. The third kappa shape index (κ3) is 3.38. The summed E-state index contributed by atoms with van der Waals surface area (Å²) >= 11 is 0. The van der Waals surface area contributed by atoms with Crippen molar-refractivity contribution in [3.63, 3.8) is 0 Å². The molecule has 3 heteroatoms. The first-order valence-corrected chi connectivity index (χ1v) is 9.48. The molecule has 1 aromatic heterocycles. The van der Waals surface area contributed by atoms with Crippen molar-refractivity contribution in [3.8, 4) is 0 Å². The highest BCUT2D eigenvalue weighted by Gasteiger charge is 2.40. The molecule has 2 bridgehead atoms. The minimum Gasteiger partial charge on any atom is -0.294 e. The van der Waals surface area contributed by atoms with Crippen LogP contribution in [-0.4, -0.2) is 27.8 Å². The van der Waals surface area contributed by atoms with Crippen LogP contribution in [0.5, 0.6) is 0 Å². The summed E-state index contributed by atoms with van der Waals surface area (Å²) in [5.74, 6) is 0.465. The molecule has 2 aromatic rings. The number of Topliss-reactive ketones (excluding diaryl/α,β-unsaturated/α-hetero) is 1. The fourth-order valence-electron chi connectivity index (χ4n) is 4.71. The van der Waals surface area contributed by atoms with Crippen LogP contribution in [0.1, 0.15) is 53.7 Å². The summed E-state index contributed by atoms with van der Waals surface area (Å²) in [6.07, 6.45) is 7.50. The molecule has 130 valence electrons. The zero-order valence-electron chi connectivity index (χ0n) is 14.9. The Balaban J connectivity index is 1.51. The Morgan fingerprint density at radius 1 is 1.08 bits per heavy atom. The van der Waals surface area contributed by atoms with Crippen molar-refractivity contribution in [2.45, 2.75) is 57.7 Å². The average molecular weight is 334 g/mol. The molecule has 0 N–H and O–H groups in total. The molecule has 2 saturated heterocycles. The quantitative estimate of drug-likeness (QED) is 0.777. The zero-order valence-corrected chi connectivity index (χ0v) is 14.9. The summed E-state index contributed by atoms with van der Waals surface area (Å²) in [6.45, 7) is 2.96. The van der Waals surface area contributed by atoms with Gasteiger partial charge < -0.3 is 0 Å². The van der Waals surface area contributed by atoms with Crippen molar-refractivity contribution >= 4 is 5.78 Å². The van der Waals surface area contributed by atoms with Crippen LogP contribution in [-0.2, 0) is 6.54 Å². The number of fused-ring (bicyclic) bond motifs is 2. The van der Waals surface area contributed by atoms with Crippen molar-refractivity contribution in [1.29, 1.82) is 0 Å². The maximum atomic E-state index is 13.1. The Labute approximate surface area is 150 Å². The minimum absolute atomic E-state index is 0.158. The number of carbonyl (C=O) groups excluding carboxylic acids is 1. The zero-order chi connectivity index (χ0) is 17.2. The number of carbonyl (C=O) groups is 1. The van der Waals surface area contributed by atoms with E-state index < -0.39 is 0 Å². The molecule has 25 heavy (non-hydrogen) atoms. The van der Waals surface area contributed by atoms with Crippen LogP contribution < -0.4 is 0 Å². The number of hydrogen-bond donors (Lipinski definition) is 0. The van der Waals surface area contributed by atoms with E-state index in [2.05, 4.69) is 40.2 Å². The van der Waals surface area contributed by atoms with E-state index in [9.17, 15) is 4.79 Å². The third-order valence-electron chi connectivity index (χ3n) is 5.98. The first-order valence-electron chi connectivity index (χ1n) is 9.48. The molecule has 1 aromatic carbocycles. The highest BCUT2D eigenvalue weighted by atomic mass is 16.1. The molecule has 3 heterocycles. The number of pyridine rings is 1. The van der Waals surface area contributed by atoms with Crippen LogP contribution in [0.3, 0.4) is 0 Å². The highest BCUT2D eigenvalue weighted by molar-refractivity contribution is 5.98. The summed E-state index contributed by atoms with van der Waals surface area (Å²) in [5.41, 5.74) is 3.07. The van der Waals surface area contributed by atoms with E-state index in [-0.39, 0.29) is 5.92 Å². The summed E-state index contributed by atoms with van der Waals surface area (Å²) in [5, 5.41) is 0. The highest BCUT2D eigenvalue weighted by Crippen LogP contribution is 2.39. The molecular formula is C22H26N2O. The normalized spacial score (nSPS) is 26.4. The van der Waals surface area contributed by atoms with Gasteiger partial charge in [-0.05, 0) is 50.3 Å². The minimum atomic E-state index is 0.158. The lowest BCUT2D eigenvalue weighted by Gasteiger charge is -2.48. The molecule has 0 saturated carbocycles. The van der Waals surface area contributed by atoms with E-state index >= 15 is 0 Å². The predicted octanol–water partition coefficient (Wildman–Crippen LogP) is 4.41. The van der Waals surface area contributed by atoms with Gasteiger partial charge in [0.2, 0.25) is 0 Å². The van der Waals surface area contributed by atoms with Crippen molar-refractivity contribution in [1.82, 2.24) is 9.88 Å². The number of hydrogen-bond acceptors (Lipinski definition) is 3. The number of aryl methyl sites for hydroxylation is 1. The van der Waals surface area contributed by atoms with E-state index in [0.717, 1.165) is 30.6 Å². The molecule has 0 amide bonds. The van der Waals surface area contributed by atoms with Gasteiger partial charge in [-0.15, -0.1) is 0 Å². The molecular weight excluding hydrogens is 308 g/mol. The summed E-state index contributed by atoms with van der Waals surface area (Å²) < 4.78 is 0. The maximum absolute atomic E-state index is 13.1. The lowest BCUT2D eigenvalue weighted by molar-refractivity contribution is 0.00903. The number of ketones is 1. The number of rotatable bonds is 4. The van der Waals surface area contributed by atoms with Gasteiger partial charge in [0.25, 0.3) is 0 Å². The average Bonchev–Trinajstić information content (AvgIpc) is 2.62. The van der Waals surface area contributed by atoms with Gasteiger partial charge in [-0.2, -0.15) is 0 Å². The Morgan fingerprint density at radius 3 is 2.48 bits per heavy atom. The smallest absolute Gasteiger partial charge is 0.167 e. The van der Waals surface area contributed by atoms with Crippen molar-refractivity contribution < 1.29 is 4.79 Å². The summed E-state index contributed by atoms with van der Waals surface area (Å²) in [4.78, 5) is 20.0. The van der Waals surface area contributed by atoms with Gasteiger partial charge in [0, 0.05) is 42.0 Å². The third-order valence-corrected chi connectivity index (χ3v) is 5.98. The van der Waals surface area contributed by atoms with Gasteiger partial charge in [0.05, 0.1) is 0 Å². The second-order valence-electron chi connectivity index (χ2n) is 7.57. The van der Waals surface area contributed by atoms with Gasteiger partial charge in [-0.1, -0.05) is 36.8 Å². The van der Waals surface area contributed by atoms with E-state index in [1.807, 2.05) is 19.1 Å². The Hall–Kier alpha value is -2.00. The standard InChI is InChI=1S/C22H26N2O/c1-16-21(11-6-12-23-16)22(25)18-13-19-9-5-10-20(14-18)24(19)15-17-7-3-2-4-8-17/h2-4,6-8,11-12,18-20H,5,9-10,13-15H2,1H3. The van der Waals surface area contributed by atoms with Gasteiger partial charge in [-0.25, -0.2) is 0 Å². The van der Waals surface area contributed by atoms with Crippen LogP contribution in [0.15, 0.2) is 48.7 Å². The molecule has 2 atom stereocenters. The van der Waals surface area contributed by atoms with Gasteiger partial charge >= 0.3 is 0 Å². The molecule has 2 unspecified atom stereocenters. The van der Waals surface area contributed by atoms with E-state index in [1.54, 1.807) is 6.20 Å². The molecule has 4 rings (SSSR count). The molecule has 0 radical (unpaired) electrons. The maximum Gasteiger partial charge on any atom is 0.167 e. The second kappa shape index (κ2) is 7.09. The van der Waals surface area contributed by atoms with E-state index in [4.69, 9.17) is 0 Å². The Morgan fingerprint density at radius 2 is 1.80 bits per heavy atom. The van der Waals surface area contributed by atoms with Crippen LogP contribution >= 0.6 is 0 Å². The molecule has 0 spiro atoms. The lowest BCUT2D eigenvalue weighted by atomic mass is 9.75. The molecule has 2 fully saturated rings. The van der Waals surface area contributed by atoms with Gasteiger partial charge in [-0.3, -0.25) is 14.7 Å². The fourth-order valence-corrected chi connectivity index (χ4v) is 4.71. The van der Waals surface area contributed by atoms with Crippen molar-refractivity contribution in [2.24, 2.45) is 5.92 Å². The monoisotopic (exact) mass is 334 g/mol. The van der Waals surface area contributed by atoms with E-state index in [1.165, 1.54) is 24.8 Å². The number of piperidine rings is 2. The van der Waals surface area contributed by atoms with Crippen LogP contribution in [0.25, 0.3) is 0 Å².